The minimum absolute atomic E-state index is 0.00674. The normalized spacial score (nSPS) is 15.2. The molecule has 1 aliphatic heterocycles. The van der Waals surface area contributed by atoms with Crippen LogP contribution in [0.15, 0.2) is 53.4 Å². The zero-order valence-corrected chi connectivity index (χ0v) is 18.4. The highest BCUT2D eigenvalue weighted by molar-refractivity contribution is 7.89. The van der Waals surface area contributed by atoms with Gasteiger partial charge in [-0.15, -0.1) is 0 Å². The largest absolute Gasteiger partial charge is 0.381 e. The van der Waals surface area contributed by atoms with Gasteiger partial charge in [0, 0.05) is 49.6 Å². The molecule has 0 aliphatic carbocycles. The van der Waals surface area contributed by atoms with Crippen LogP contribution < -0.4 is 14.9 Å². The monoisotopic (exact) mass is 451 g/mol. The minimum atomic E-state index is -3.70. The lowest BCUT2D eigenvalue weighted by Gasteiger charge is -2.33. The minimum Gasteiger partial charge on any atom is -0.381 e. The van der Waals surface area contributed by atoms with E-state index in [1.54, 1.807) is 19.2 Å². The molecular weight excluding hydrogens is 426 g/mol. The van der Waals surface area contributed by atoms with Gasteiger partial charge in [0.25, 0.3) is 0 Å². The summed E-state index contributed by atoms with van der Waals surface area (Å²) in [7, 11) is -1.95. The zero-order valence-electron chi connectivity index (χ0n) is 16.8. The van der Waals surface area contributed by atoms with Crippen molar-refractivity contribution in [3.05, 3.63) is 53.6 Å². The fourth-order valence-corrected chi connectivity index (χ4v) is 4.68. The Labute approximate surface area is 182 Å². The van der Waals surface area contributed by atoms with Gasteiger partial charge in [0.05, 0.1) is 11.0 Å². The Bertz CT molecular complexity index is 958. The van der Waals surface area contributed by atoms with Crippen molar-refractivity contribution in [2.45, 2.75) is 30.3 Å². The van der Waals surface area contributed by atoms with Crippen LogP contribution in [0.25, 0.3) is 0 Å². The number of nitrogens with one attached hydrogen (secondary N) is 2. The van der Waals surface area contributed by atoms with E-state index in [1.807, 2.05) is 24.3 Å². The van der Waals surface area contributed by atoms with Crippen LogP contribution in [0.1, 0.15) is 19.3 Å². The number of carbonyl (C=O) groups is 1. The molecule has 1 aliphatic rings. The third-order valence-corrected chi connectivity index (χ3v) is 6.74. The lowest BCUT2D eigenvalue weighted by molar-refractivity contribution is -0.116. The summed E-state index contributed by atoms with van der Waals surface area (Å²) < 4.78 is 32.3. The van der Waals surface area contributed by atoms with E-state index in [0.717, 1.165) is 31.6 Å². The molecule has 7 nitrogen and oxygen atoms in total. The van der Waals surface area contributed by atoms with Crippen LogP contribution in [-0.4, -0.2) is 47.2 Å². The summed E-state index contributed by atoms with van der Waals surface area (Å²) in [5.41, 5.74) is 1.78. The molecule has 2 aromatic rings. The highest BCUT2D eigenvalue weighted by Crippen LogP contribution is 2.23. The Hall–Kier alpha value is -2.13. The van der Waals surface area contributed by atoms with E-state index in [1.165, 1.54) is 12.1 Å². The fourth-order valence-electron chi connectivity index (χ4n) is 3.35. The van der Waals surface area contributed by atoms with Gasteiger partial charge in [0.15, 0.2) is 0 Å². The Morgan fingerprint density at radius 2 is 1.87 bits per heavy atom. The van der Waals surface area contributed by atoms with Gasteiger partial charge < -0.3 is 15.0 Å². The SMILES string of the molecule is COC1CCN(c2ccc(NC(=O)CCNS(=O)(=O)c3cccc(Cl)c3)cc2)CC1. The van der Waals surface area contributed by atoms with Crippen LogP contribution >= 0.6 is 11.6 Å². The van der Waals surface area contributed by atoms with E-state index in [0.29, 0.717) is 16.8 Å². The summed E-state index contributed by atoms with van der Waals surface area (Å²) in [6.45, 7) is 1.88. The van der Waals surface area contributed by atoms with Gasteiger partial charge in [-0.2, -0.15) is 0 Å². The summed E-state index contributed by atoms with van der Waals surface area (Å²) in [4.78, 5) is 14.5. The van der Waals surface area contributed by atoms with Crippen LogP contribution in [0, 0.1) is 0 Å². The van der Waals surface area contributed by atoms with E-state index in [4.69, 9.17) is 16.3 Å². The number of hydrogen-bond acceptors (Lipinski definition) is 5. The molecule has 0 saturated carbocycles. The van der Waals surface area contributed by atoms with Gasteiger partial charge in [-0.25, -0.2) is 13.1 Å². The summed E-state index contributed by atoms with van der Waals surface area (Å²) >= 11 is 5.83. The number of piperidine rings is 1. The molecule has 0 atom stereocenters. The number of anilines is 2. The third-order valence-electron chi connectivity index (χ3n) is 5.04. The molecule has 1 fully saturated rings. The summed E-state index contributed by atoms with van der Waals surface area (Å²) in [6, 6.07) is 13.6. The highest BCUT2D eigenvalue weighted by Gasteiger charge is 2.19. The van der Waals surface area contributed by atoms with Crippen molar-refractivity contribution >= 4 is 38.9 Å². The molecule has 0 aromatic heterocycles. The lowest BCUT2D eigenvalue weighted by atomic mass is 10.1. The number of amides is 1. The molecule has 0 spiro atoms. The zero-order chi connectivity index (χ0) is 21.6. The lowest BCUT2D eigenvalue weighted by Crippen LogP contribution is -2.36. The second-order valence-electron chi connectivity index (χ2n) is 7.12. The van der Waals surface area contributed by atoms with Gasteiger partial charge in [-0.3, -0.25) is 4.79 Å². The van der Waals surface area contributed by atoms with Crippen molar-refractivity contribution in [2.24, 2.45) is 0 Å². The molecule has 1 saturated heterocycles. The third kappa shape index (κ3) is 6.18. The average Bonchev–Trinajstić information content (AvgIpc) is 2.74. The first kappa shape index (κ1) is 22.6. The molecule has 30 heavy (non-hydrogen) atoms. The summed E-state index contributed by atoms with van der Waals surface area (Å²) in [6.07, 6.45) is 2.35. The predicted molar refractivity (Wildman–Crippen MR) is 119 cm³/mol. The van der Waals surface area contributed by atoms with Crippen LogP contribution in [-0.2, 0) is 19.6 Å². The molecule has 1 amide bonds. The summed E-state index contributed by atoms with van der Waals surface area (Å²) in [5, 5.41) is 3.13. The van der Waals surface area contributed by atoms with E-state index in [-0.39, 0.29) is 23.8 Å². The number of nitrogens with zero attached hydrogens (tertiary/aromatic N) is 1. The first-order valence-corrected chi connectivity index (χ1v) is 11.7. The maximum absolute atomic E-state index is 12.2. The predicted octanol–water partition coefficient (Wildman–Crippen LogP) is 3.26. The maximum Gasteiger partial charge on any atom is 0.240 e. The van der Waals surface area contributed by atoms with Crippen LogP contribution in [0.2, 0.25) is 5.02 Å². The standard InChI is InChI=1S/C21H26ClN3O4S/c1-29-19-10-13-25(14-11-19)18-7-5-17(6-8-18)24-21(26)9-12-23-30(27,28)20-4-2-3-16(22)15-20/h2-8,15,19,23H,9-14H2,1H3,(H,24,26). The highest BCUT2D eigenvalue weighted by atomic mass is 35.5. The van der Waals surface area contributed by atoms with Crippen molar-refractivity contribution in [1.29, 1.82) is 0 Å². The quantitative estimate of drug-likeness (QED) is 0.643. The number of halogens is 1. The van der Waals surface area contributed by atoms with Gasteiger partial charge in [-0.1, -0.05) is 17.7 Å². The van der Waals surface area contributed by atoms with Crippen LogP contribution in [0.5, 0.6) is 0 Å². The second-order valence-corrected chi connectivity index (χ2v) is 9.33. The smallest absolute Gasteiger partial charge is 0.240 e. The van der Waals surface area contributed by atoms with Crippen molar-refractivity contribution in [3.8, 4) is 0 Å². The van der Waals surface area contributed by atoms with Crippen molar-refractivity contribution < 1.29 is 17.9 Å². The van der Waals surface area contributed by atoms with Crippen molar-refractivity contribution in [2.75, 3.05) is 37.0 Å². The Balaban J connectivity index is 1.46. The van der Waals surface area contributed by atoms with Gasteiger partial charge in [-0.05, 0) is 55.3 Å². The fraction of sp³-hybridized carbons (Fsp3) is 0.381. The molecular formula is C21H26ClN3O4S. The average molecular weight is 452 g/mol. The molecule has 3 rings (SSSR count). The molecule has 1 heterocycles. The first-order chi connectivity index (χ1) is 14.4. The van der Waals surface area contributed by atoms with E-state index in [2.05, 4.69) is 14.9 Å². The van der Waals surface area contributed by atoms with Crippen molar-refractivity contribution in [1.82, 2.24) is 4.72 Å². The Morgan fingerprint density at radius 1 is 1.17 bits per heavy atom. The van der Waals surface area contributed by atoms with Crippen LogP contribution in [0.3, 0.4) is 0 Å². The first-order valence-electron chi connectivity index (χ1n) is 9.80. The Kier molecular flexibility index (Phi) is 7.71. The maximum atomic E-state index is 12.2. The molecule has 2 N–H and O–H groups in total. The molecule has 9 heteroatoms. The molecule has 162 valence electrons. The Morgan fingerprint density at radius 3 is 2.50 bits per heavy atom. The second kappa shape index (κ2) is 10.3. The molecule has 2 aromatic carbocycles. The van der Waals surface area contributed by atoms with E-state index < -0.39 is 10.0 Å². The molecule has 0 radical (unpaired) electrons. The van der Waals surface area contributed by atoms with Gasteiger partial charge in [0.2, 0.25) is 15.9 Å². The topological polar surface area (TPSA) is 87.7 Å². The molecule has 0 unspecified atom stereocenters. The number of ether oxygens (including phenoxy) is 1. The summed E-state index contributed by atoms with van der Waals surface area (Å²) in [5.74, 6) is -0.266. The number of hydrogen-bond donors (Lipinski definition) is 2. The number of sulfonamides is 1. The number of rotatable bonds is 8. The number of methoxy groups -OCH3 is 1. The van der Waals surface area contributed by atoms with E-state index in [9.17, 15) is 13.2 Å². The van der Waals surface area contributed by atoms with E-state index >= 15 is 0 Å². The molecule has 0 bridgehead atoms. The van der Waals surface area contributed by atoms with Gasteiger partial charge in [0.1, 0.15) is 0 Å². The van der Waals surface area contributed by atoms with Crippen molar-refractivity contribution in [3.63, 3.8) is 0 Å². The number of carbonyl (C=O) groups excluding carboxylic acids is 1. The van der Waals surface area contributed by atoms with Crippen LogP contribution in [0.4, 0.5) is 11.4 Å². The number of benzene rings is 2. The van der Waals surface area contributed by atoms with Gasteiger partial charge >= 0.3 is 0 Å².